The van der Waals surface area contributed by atoms with E-state index in [0.717, 1.165) is 38.0 Å². The molecule has 3 fully saturated rings. The molecule has 0 bridgehead atoms. The second kappa shape index (κ2) is 6.44. The molecule has 1 saturated heterocycles. The SMILES string of the molecule is O=C(N[C@@H]1CCCC[C@H]1O)C1CCC2CCCCC2N1. The molecule has 20 heavy (non-hydrogen) atoms. The first-order valence-electron chi connectivity index (χ1n) is 8.48. The lowest BCUT2D eigenvalue weighted by Gasteiger charge is -2.40. The molecule has 3 unspecified atom stereocenters. The summed E-state index contributed by atoms with van der Waals surface area (Å²) in [4.78, 5) is 12.4. The topological polar surface area (TPSA) is 61.4 Å². The second-order valence-corrected chi connectivity index (χ2v) is 6.91. The molecule has 3 rings (SSSR count). The minimum absolute atomic E-state index is 0.0258. The average Bonchev–Trinajstić information content (AvgIpc) is 2.49. The predicted octanol–water partition coefficient (Wildman–Crippen LogP) is 1.72. The normalized spacial score (nSPS) is 41.8. The van der Waals surface area contributed by atoms with E-state index in [0.29, 0.717) is 6.04 Å². The maximum Gasteiger partial charge on any atom is 0.237 e. The number of carbonyl (C=O) groups excluding carboxylic acids is 1. The van der Waals surface area contributed by atoms with Crippen LogP contribution in [-0.4, -0.2) is 35.2 Å². The van der Waals surface area contributed by atoms with E-state index in [1.807, 2.05) is 0 Å². The molecular formula is C16H28N2O2. The van der Waals surface area contributed by atoms with Gasteiger partial charge in [0.1, 0.15) is 0 Å². The fraction of sp³-hybridized carbons (Fsp3) is 0.938. The number of hydrogen-bond acceptors (Lipinski definition) is 3. The smallest absolute Gasteiger partial charge is 0.237 e. The zero-order valence-electron chi connectivity index (χ0n) is 12.3. The minimum Gasteiger partial charge on any atom is -0.391 e. The summed E-state index contributed by atoms with van der Waals surface area (Å²) >= 11 is 0. The van der Waals surface area contributed by atoms with Crippen molar-refractivity contribution < 1.29 is 9.90 Å². The molecule has 2 saturated carbocycles. The third kappa shape index (κ3) is 3.17. The van der Waals surface area contributed by atoms with Crippen LogP contribution in [0.15, 0.2) is 0 Å². The van der Waals surface area contributed by atoms with Gasteiger partial charge < -0.3 is 15.7 Å². The van der Waals surface area contributed by atoms with E-state index in [1.165, 1.54) is 32.1 Å². The van der Waals surface area contributed by atoms with Gasteiger partial charge in [0.25, 0.3) is 0 Å². The van der Waals surface area contributed by atoms with Crippen LogP contribution < -0.4 is 10.6 Å². The van der Waals surface area contributed by atoms with Crippen LogP contribution in [-0.2, 0) is 4.79 Å². The van der Waals surface area contributed by atoms with Crippen molar-refractivity contribution >= 4 is 5.91 Å². The lowest BCUT2D eigenvalue weighted by atomic mass is 9.77. The van der Waals surface area contributed by atoms with E-state index in [4.69, 9.17) is 0 Å². The van der Waals surface area contributed by atoms with Crippen molar-refractivity contribution in [3.63, 3.8) is 0 Å². The molecule has 2 aliphatic carbocycles. The summed E-state index contributed by atoms with van der Waals surface area (Å²) in [6.45, 7) is 0. The molecule has 0 aromatic rings. The molecule has 0 aromatic heterocycles. The van der Waals surface area contributed by atoms with E-state index < -0.39 is 0 Å². The number of amides is 1. The van der Waals surface area contributed by atoms with E-state index >= 15 is 0 Å². The van der Waals surface area contributed by atoms with Crippen molar-refractivity contribution in [2.24, 2.45) is 5.92 Å². The number of carbonyl (C=O) groups is 1. The molecule has 3 aliphatic rings. The van der Waals surface area contributed by atoms with E-state index in [1.54, 1.807) is 0 Å². The van der Waals surface area contributed by atoms with Crippen LogP contribution in [0.4, 0.5) is 0 Å². The quantitative estimate of drug-likeness (QED) is 0.722. The molecule has 114 valence electrons. The van der Waals surface area contributed by atoms with Crippen LogP contribution >= 0.6 is 0 Å². The Morgan fingerprint density at radius 1 is 0.950 bits per heavy atom. The number of hydrogen-bond donors (Lipinski definition) is 3. The summed E-state index contributed by atoms with van der Waals surface area (Å²) in [6.07, 6.45) is 10.9. The highest BCUT2D eigenvalue weighted by molar-refractivity contribution is 5.82. The zero-order valence-corrected chi connectivity index (χ0v) is 12.3. The highest BCUT2D eigenvalue weighted by Crippen LogP contribution is 2.32. The summed E-state index contributed by atoms with van der Waals surface area (Å²) < 4.78 is 0. The van der Waals surface area contributed by atoms with Crippen molar-refractivity contribution in [2.45, 2.75) is 88.4 Å². The predicted molar refractivity (Wildman–Crippen MR) is 78.3 cm³/mol. The lowest BCUT2D eigenvalue weighted by molar-refractivity contribution is -0.126. The van der Waals surface area contributed by atoms with Gasteiger partial charge in [0.2, 0.25) is 5.91 Å². The Kier molecular flexibility index (Phi) is 4.61. The summed E-state index contributed by atoms with van der Waals surface area (Å²) in [6, 6.07) is 0.482. The molecule has 4 heteroatoms. The Hall–Kier alpha value is -0.610. The van der Waals surface area contributed by atoms with Crippen LogP contribution in [0.1, 0.15) is 64.2 Å². The maximum absolute atomic E-state index is 12.4. The minimum atomic E-state index is -0.348. The Labute approximate surface area is 121 Å². The van der Waals surface area contributed by atoms with E-state index in [9.17, 15) is 9.90 Å². The second-order valence-electron chi connectivity index (χ2n) is 6.91. The van der Waals surface area contributed by atoms with Crippen LogP contribution in [0.5, 0.6) is 0 Å². The number of piperidine rings is 1. The highest BCUT2D eigenvalue weighted by atomic mass is 16.3. The average molecular weight is 280 g/mol. The van der Waals surface area contributed by atoms with Gasteiger partial charge in [-0.05, 0) is 44.4 Å². The fourth-order valence-electron chi connectivity index (χ4n) is 4.26. The molecule has 1 amide bonds. The van der Waals surface area contributed by atoms with Gasteiger partial charge in [0, 0.05) is 6.04 Å². The molecular weight excluding hydrogens is 252 g/mol. The monoisotopic (exact) mass is 280 g/mol. The lowest BCUT2D eigenvalue weighted by Crippen LogP contribution is -2.57. The first-order valence-corrected chi connectivity index (χ1v) is 8.48. The van der Waals surface area contributed by atoms with Gasteiger partial charge in [-0.3, -0.25) is 4.79 Å². The Morgan fingerprint density at radius 3 is 2.55 bits per heavy atom. The molecule has 4 nitrogen and oxygen atoms in total. The summed E-state index contributed by atoms with van der Waals surface area (Å²) in [5.41, 5.74) is 0. The van der Waals surface area contributed by atoms with Gasteiger partial charge >= 0.3 is 0 Å². The van der Waals surface area contributed by atoms with Crippen molar-refractivity contribution in [2.75, 3.05) is 0 Å². The van der Waals surface area contributed by atoms with Gasteiger partial charge in [-0.25, -0.2) is 0 Å². The number of fused-ring (bicyclic) bond motifs is 1. The molecule has 3 N–H and O–H groups in total. The fourth-order valence-corrected chi connectivity index (χ4v) is 4.26. The van der Waals surface area contributed by atoms with Gasteiger partial charge in [-0.1, -0.05) is 25.7 Å². The van der Waals surface area contributed by atoms with Crippen molar-refractivity contribution in [1.82, 2.24) is 10.6 Å². The third-order valence-corrected chi connectivity index (χ3v) is 5.52. The van der Waals surface area contributed by atoms with Crippen molar-refractivity contribution in [1.29, 1.82) is 0 Å². The van der Waals surface area contributed by atoms with Gasteiger partial charge in [-0.15, -0.1) is 0 Å². The van der Waals surface area contributed by atoms with Crippen LogP contribution in [0.3, 0.4) is 0 Å². The summed E-state index contributed by atoms with van der Waals surface area (Å²) in [5, 5.41) is 16.6. The Bertz CT molecular complexity index is 347. The molecule has 1 heterocycles. The van der Waals surface area contributed by atoms with Gasteiger partial charge in [0.15, 0.2) is 0 Å². The van der Waals surface area contributed by atoms with Crippen LogP contribution in [0, 0.1) is 5.92 Å². The molecule has 1 aliphatic heterocycles. The van der Waals surface area contributed by atoms with Crippen molar-refractivity contribution in [3.8, 4) is 0 Å². The maximum atomic E-state index is 12.4. The highest BCUT2D eigenvalue weighted by Gasteiger charge is 2.35. The van der Waals surface area contributed by atoms with Crippen LogP contribution in [0.2, 0.25) is 0 Å². The largest absolute Gasteiger partial charge is 0.391 e. The standard InChI is InChI=1S/C16H28N2O2/c19-15-8-4-3-7-13(15)18-16(20)14-10-9-11-5-1-2-6-12(11)17-14/h11-15,17,19H,1-10H2,(H,18,20)/t11?,12?,13-,14?,15-/m1/s1. The molecule has 0 spiro atoms. The number of nitrogens with one attached hydrogen (secondary N) is 2. The van der Waals surface area contributed by atoms with Crippen molar-refractivity contribution in [3.05, 3.63) is 0 Å². The number of aliphatic hydroxyl groups is 1. The number of aliphatic hydroxyl groups excluding tert-OH is 1. The van der Waals surface area contributed by atoms with Crippen LogP contribution in [0.25, 0.3) is 0 Å². The third-order valence-electron chi connectivity index (χ3n) is 5.52. The molecule has 0 radical (unpaired) electrons. The first kappa shape index (κ1) is 14.3. The van der Waals surface area contributed by atoms with Gasteiger partial charge in [0.05, 0.1) is 18.2 Å². The summed E-state index contributed by atoms with van der Waals surface area (Å²) in [7, 11) is 0. The first-order chi connectivity index (χ1) is 9.74. The van der Waals surface area contributed by atoms with E-state index in [2.05, 4.69) is 10.6 Å². The van der Waals surface area contributed by atoms with Gasteiger partial charge in [-0.2, -0.15) is 0 Å². The Balaban J connectivity index is 1.52. The summed E-state index contributed by atoms with van der Waals surface area (Å²) in [5.74, 6) is 0.896. The zero-order chi connectivity index (χ0) is 13.9. The molecule has 0 aromatic carbocycles. The van der Waals surface area contributed by atoms with E-state index in [-0.39, 0.29) is 24.1 Å². The Morgan fingerprint density at radius 2 is 1.70 bits per heavy atom. The molecule has 5 atom stereocenters. The number of rotatable bonds is 2.